The molecule has 80 valence electrons. The van der Waals surface area contributed by atoms with Crippen LogP contribution in [0.3, 0.4) is 0 Å². The van der Waals surface area contributed by atoms with Crippen molar-refractivity contribution >= 4 is 0 Å². The van der Waals surface area contributed by atoms with E-state index >= 15 is 0 Å². The van der Waals surface area contributed by atoms with Gasteiger partial charge in [-0.1, -0.05) is 6.92 Å². The Morgan fingerprint density at radius 2 is 2.14 bits per heavy atom. The van der Waals surface area contributed by atoms with E-state index in [0.717, 1.165) is 44.6 Å². The molecule has 0 heterocycles. The molecule has 0 bridgehead atoms. The molecule has 0 spiro atoms. The van der Waals surface area contributed by atoms with Gasteiger partial charge in [-0.25, -0.2) is 0 Å². The fourth-order valence-electron chi connectivity index (χ4n) is 1.96. The second kappa shape index (κ2) is 5.38. The molecule has 14 heavy (non-hydrogen) atoms. The molecule has 1 fully saturated rings. The van der Waals surface area contributed by atoms with Crippen molar-refractivity contribution in [2.24, 2.45) is 5.92 Å². The monoisotopic (exact) mass is 195 g/mol. The summed E-state index contributed by atoms with van der Waals surface area (Å²) in [4.78, 5) is 0. The molecule has 0 aliphatic heterocycles. The van der Waals surface area contributed by atoms with E-state index < -0.39 is 5.60 Å². The van der Waals surface area contributed by atoms with E-state index in [4.69, 9.17) is 6.42 Å². The van der Waals surface area contributed by atoms with Gasteiger partial charge in [0, 0.05) is 19.5 Å². The van der Waals surface area contributed by atoms with E-state index in [0.29, 0.717) is 6.54 Å². The van der Waals surface area contributed by atoms with Crippen LogP contribution < -0.4 is 5.32 Å². The van der Waals surface area contributed by atoms with Crippen molar-refractivity contribution in [1.29, 1.82) is 0 Å². The summed E-state index contributed by atoms with van der Waals surface area (Å²) in [5.74, 6) is 3.36. The molecule has 2 heteroatoms. The second-order valence-corrected chi connectivity index (χ2v) is 4.54. The molecule has 0 amide bonds. The highest BCUT2D eigenvalue weighted by atomic mass is 16.3. The van der Waals surface area contributed by atoms with E-state index in [2.05, 4.69) is 18.2 Å². The zero-order valence-electron chi connectivity index (χ0n) is 9.05. The van der Waals surface area contributed by atoms with Crippen LogP contribution in [0.25, 0.3) is 0 Å². The number of hydrogen-bond acceptors (Lipinski definition) is 2. The number of aliphatic hydroxyl groups is 1. The molecule has 0 aromatic heterocycles. The van der Waals surface area contributed by atoms with Crippen LogP contribution in [-0.4, -0.2) is 23.8 Å². The molecule has 2 nitrogen and oxygen atoms in total. The Kier molecular flexibility index (Phi) is 4.44. The average molecular weight is 195 g/mol. The Morgan fingerprint density at radius 1 is 1.50 bits per heavy atom. The van der Waals surface area contributed by atoms with Gasteiger partial charge in [-0.05, 0) is 31.6 Å². The summed E-state index contributed by atoms with van der Waals surface area (Å²) in [5.41, 5.74) is -0.471. The molecule has 1 aliphatic rings. The number of rotatable bonds is 4. The van der Waals surface area contributed by atoms with Gasteiger partial charge >= 0.3 is 0 Å². The molecule has 0 aromatic rings. The second-order valence-electron chi connectivity index (χ2n) is 4.54. The predicted octanol–water partition coefficient (Wildman–Crippen LogP) is 1.54. The Labute approximate surface area is 87.1 Å². The molecule has 1 rings (SSSR count). The van der Waals surface area contributed by atoms with Gasteiger partial charge < -0.3 is 10.4 Å². The minimum Gasteiger partial charge on any atom is -0.389 e. The molecule has 1 saturated carbocycles. The van der Waals surface area contributed by atoms with Gasteiger partial charge in [-0.2, -0.15) is 0 Å². The van der Waals surface area contributed by atoms with Gasteiger partial charge in [0.15, 0.2) is 0 Å². The molecule has 0 unspecified atom stereocenters. The average Bonchev–Trinajstić information content (AvgIpc) is 2.18. The highest BCUT2D eigenvalue weighted by molar-refractivity contribution is 4.88. The normalized spacial score (nSPS) is 32.5. The van der Waals surface area contributed by atoms with Crippen molar-refractivity contribution in [2.75, 3.05) is 13.1 Å². The Morgan fingerprint density at radius 3 is 2.71 bits per heavy atom. The van der Waals surface area contributed by atoms with Gasteiger partial charge in [0.05, 0.1) is 5.60 Å². The molecular formula is C12H21NO. The number of terminal acetylenes is 1. The number of hydrogen-bond donors (Lipinski definition) is 2. The first-order valence-corrected chi connectivity index (χ1v) is 5.53. The lowest BCUT2D eigenvalue weighted by molar-refractivity contribution is -0.00577. The fraction of sp³-hybridized carbons (Fsp3) is 0.833. The molecule has 0 radical (unpaired) electrons. The molecule has 2 N–H and O–H groups in total. The van der Waals surface area contributed by atoms with Crippen molar-refractivity contribution in [3.63, 3.8) is 0 Å². The number of nitrogens with one attached hydrogen (secondary N) is 1. The van der Waals surface area contributed by atoms with Gasteiger partial charge in [-0.3, -0.25) is 0 Å². The first-order valence-electron chi connectivity index (χ1n) is 5.53. The van der Waals surface area contributed by atoms with Crippen LogP contribution in [0.4, 0.5) is 0 Å². The molecule has 0 aromatic carbocycles. The van der Waals surface area contributed by atoms with Gasteiger partial charge in [-0.15, -0.1) is 12.3 Å². The quantitative estimate of drug-likeness (QED) is 0.527. The highest BCUT2D eigenvalue weighted by Gasteiger charge is 2.30. The van der Waals surface area contributed by atoms with E-state index in [-0.39, 0.29) is 0 Å². The van der Waals surface area contributed by atoms with E-state index in [1.54, 1.807) is 0 Å². The van der Waals surface area contributed by atoms with Crippen molar-refractivity contribution in [1.82, 2.24) is 5.32 Å². The van der Waals surface area contributed by atoms with Crippen LogP contribution >= 0.6 is 0 Å². The van der Waals surface area contributed by atoms with Crippen molar-refractivity contribution in [2.45, 2.75) is 44.6 Å². The van der Waals surface area contributed by atoms with Crippen molar-refractivity contribution in [3.05, 3.63) is 0 Å². The van der Waals surface area contributed by atoms with Gasteiger partial charge in [0.1, 0.15) is 0 Å². The maximum absolute atomic E-state index is 10.2. The summed E-state index contributed by atoms with van der Waals surface area (Å²) in [5, 5.41) is 13.4. The van der Waals surface area contributed by atoms with Crippen LogP contribution in [0.1, 0.15) is 39.0 Å². The summed E-state index contributed by atoms with van der Waals surface area (Å²) < 4.78 is 0. The van der Waals surface area contributed by atoms with E-state index in [1.807, 2.05) is 0 Å². The minimum absolute atomic E-state index is 0.471. The van der Waals surface area contributed by atoms with Crippen LogP contribution in [0.15, 0.2) is 0 Å². The first kappa shape index (κ1) is 11.6. The summed E-state index contributed by atoms with van der Waals surface area (Å²) >= 11 is 0. The largest absolute Gasteiger partial charge is 0.389 e. The SMILES string of the molecule is C#CCCNCC1(O)CCC(C)CC1. The van der Waals surface area contributed by atoms with Crippen LogP contribution in [0.2, 0.25) is 0 Å². The van der Waals surface area contributed by atoms with Crippen LogP contribution in [0.5, 0.6) is 0 Å². The van der Waals surface area contributed by atoms with E-state index in [9.17, 15) is 5.11 Å². The van der Waals surface area contributed by atoms with E-state index in [1.165, 1.54) is 0 Å². The summed E-state index contributed by atoms with van der Waals surface area (Å²) in [6.07, 6.45) is 10.0. The Balaban J connectivity index is 2.19. The third kappa shape index (κ3) is 3.69. The maximum Gasteiger partial charge on any atom is 0.0771 e. The van der Waals surface area contributed by atoms with Crippen molar-refractivity contribution < 1.29 is 5.11 Å². The highest BCUT2D eigenvalue weighted by Crippen LogP contribution is 2.31. The van der Waals surface area contributed by atoms with Gasteiger partial charge in [0.2, 0.25) is 0 Å². The summed E-state index contributed by atoms with van der Waals surface area (Å²) in [6.45, 7) is 3.76. The molecule has 0 atom stereocenters. The molecular weight excluding hydrogens is 174 g/mol. The lowest BCUT2D eigenvalue weighted by Crippen LogP contribution is -2.43. The topological polar surface area (TPSA) is 32.3 Å². The maximum atomic E-state index is 10.2. The molecule has 1 aliphatic carbocycles. The Bertz CT molecular complexity index is 199. The third-order valence-corrected chi connectivity index (χ3v) is 3.11. The zero-order valence-corrected chi connectivity index (χ0v) is 9.05. The minimum atomic E-state index is -0.471. The smallest absolute Gasteiger partial charge is 0.0771 e. The predicted molar refractivity (Wildman–Crippen MR) is 58.9 cm³/mol. The summed E-state index contributed by atoms with van der Waals surface area (Å²) in [6, 6.07) is 0. The third-order valence-electron chi connectivity index (χ3n) is 3.11. The molecule has 0 saturated heterocycles. The fourth-order valence-corrected chi connectivity index (χ4v) is 1.96. The lowest BCUT2D eigenvalue weighted by atomic mass is 9.79. The Hall–Kier alpha value is -0.520. The first-order chi connectivity index (χ1) is 6.66. The lowest BCUT2D eigenvalue weighted by Gasteiger charge is -2.35. The van der Waals surface area contributed by atoms with Crippen LogP contribution in [0, 0.1) is 18.3 Å². The summed E-state index contributed by atoms with van der Waals surface area (Å²) in [7, 11) is 0. The van der Waals surface area contributed by atoms with Gasteiger partial charge in [0.25, 0.3) is 0 Å². The van der Waals surface area contributed by atoms with Crippen LogP contribution in [-0.2, 0) is 0 Å². The standard InChI is InChI=1S/C12H21NO/c1-3-4-9-13-10-12(14)7-5-11(2)6-8-12/h1,11,13-14H,4-10H2,2H3. The van der Waals surface area contributed by atoms with Crippen molar-refractivity contribution in [3.8, 4) is 12.3 Å². The zero-order chi connectivity index (χ0) is 10.4.